The molecule has 0 aliphatic heterocycles. The first-order valence-electron chi connectivity index (χ1n) is 15.6. The number of carbonyl (C=O) groups is 3. The summed E-state index contributed by atoms with van der Waals surface area (Å²) in [6, 6.07) is -1.93. The number of carboxylic acids is 1. The standard InChI is InChI=1S/C33H49N3O6/c1-8-33(41)16-13-25-23-10-9-21-17-22(11-14-31(21,6)24(23)12-15-32(25,33)7)36-42-18-26(37)34-27(19(2)3)29(38)35-28(20(4)5)30(39)40/h1,17,19-20,23-25,27-28,41H,9-16,18H2,2-7H3,(H,34,37)(H,35,38)(H,39,40). The molecule has 4 aliphatic carbocycles. The second kappa shape index (κ2) is 12.0. The lowest BCUT2D eigenvalue weighted by Gasteiger charge is -2.58. The first-order chi connectivity index (χ1) is 19.7. The highest BCUT2D eigenvalue weighted by Crippen LogP contribution is 2.67. The zero-order valence-corrected chi connectivity index (χ0v) is 26.0. The summed E-state index contributed by atoms with van der Waals surface area (Å²) in [4.78, 5) is 42.3. The predicted molar refractivity (Wildman–Crippen MR) is 160 cm³/mol. The Morgan fingerprint density at radius 3 is 2.31 bits per heavy atom. The molecule has 9 nitrogen and oxygen atoms in total. The van der Waals surface area contributed by atoms with Gasteiger partial charge in [-0.3, -0.25) is 9.59 Å². The van der Waals surface area contributed by atoms with Crippen molar-refractivity contribution in [2.75, 3.05) is 6.61 Å². The van der Waals surface area contributed by atoms with Gasteiger partial charge >= 0.3 is 5.97 Å². The molecule has 8 unspecified atom stereocenters. The van der Waals surface area contributed by atoms with Crippen molar-refractivity contribution in [2.45, 2.75) is 111 Å². The lowest BCUT2D eigenvalue weighted by atomic mass is 9.46. The SMILES string of the molecule is C#CC1(O)CCC2C3CCC4=CC(=NOCC(=O)NC(C(=O)NC(C(=O)O)C(C)C)C(C)C)CCC4(C)C3CCC21C. The number of carbonyl (C=O) groups excluding carboxylic acids is 2. The number of aliphatic carboxylic acids is 1. The number of allylic oxidation sites excluding steroid dienone is 2. The fourth-order valence-electron chi connectivity index (χ4n) is 8.58. The largest absolute Gasteiger partial charge is 0.480 e. The van der Waals surface area contributed by atoms with Gasteiger partial charge in [0.2, 0.25) is 5.91 Å². The molecule has 0 aromatic heterocycles. The Kier molecular flexibility index (Phi) is 9.18. The monoisotopic (exact) mass is 583 g/mol. The maximum absolute atomic E-state index is 12.8. The molecule has 9 heteroatoms. The average Bonchev–Trinajstić information content (AvgIpc) is 3.20. The van der Waals surface area contributed by atoms with Gasteiger partial charge in [-0.15, -0.1) is 6.42 Å². The maximum atomic E-state index is 12.8. The van der Waals surface area contributed by atoms with Gasteiger partial charge in [-0.05, 0) is 92.4 Å². The van der Waals surface area contributed by atoms with Crippen LogP contribution in [0.15, 0.2) is 16.8 Å². The van der Waals surface area contributed by atoms with Crippen molar-refractivity contribution in [3.63, 3.8) is 0 Å². The molecular formula is C33H49N3O6. The second-order valence-electron chi connectivity index (χ2n) is 14.2. The fraction of sp³-hybridized carbons (Fsp3) is 0.758. The Hall–Kier alpha value is -2.86. The number of rotatable bonds is 9. The summed E-state index contributed by atoms with van der Waals surface area (Å²) in [5.41, 5.74) is 1.09. The van der Waals surface area contributed by atoms with E-state index >= 15 is 0 Å². The van der Waals surface area contributed by atoms with Gasteiger partial charge in [0.15, 0.2) is 6.61 Å². The molecule has 8 atom stereocenters. The number of nitrogens with one attached hydrogen (secondary N) is 2. The summed E-state index contributed by atoms with van der Waals surface area (Å²) in [6.07, 6.45) is 15.5. The van der Waals surface area contributed by atoms with E-state index in [0.717, 1.165) is 50.7 Å². The molecule has 0 heterocycles. The van der Waals surface area contributed by atoms with Crippen LogP contribution in [0.4, 0.5) is 0 Å². The van der Waals surface area contributed by atoms with Crippen LogP contribution >= 0.6 is 0 Å². The van der Waals surface area contributed by atoms with Crippen LogP contribution in [-0.2, 0) is 19.2 Å². The van der Waals surface area contributed by atoms with Crippen molar-refractivity contribution < 1.29 is 29.4 Å². The number of amides is 2. The van der Waals surface area contributed by atoms with E-state index in [-0.39, 0.29) is 29.3 Å². The lowest BCUT2D eigenvalue weighted by Crippen LogP contribution is -2.55. The lowest BCUT2D eigenvalue weighted by molar-refractivity contribution is -0.143. The van der Waals surface area contributed by atoms with Gasteiger partial charge in [-0.2, -0.15) is 0 Å². The minimum absolute atomic E-state index is 0.0825. The molecule has 0 radical (unpaired) electrons. The van der Waals surface area contributed by atoms with Crippen LogP contribution in [0, 0.1) is 52.8 Å². The van der Waals surface area contributed by atoms with Crippen LogP contribution in [0.1, 0.15) is 92.9 Å². The van der Waals surface area contributed by atoms with E-state index in [9.17, 15) is 24.6 Å². The molecule has 0 aromatic carbocycles. The Labute approximate surface area is 250 Å². The van der Waals surface area contributed by atoms with Crippen LogP contribution in [0.5, 0.6) is 0 Å². The van der Waals surface area contributed by atoms with E-state index in [1.165, 1.54) is 5.57 Å². The van der Waals surface area contributed by atoms with Gasteiger partial charge in [0.05, 0.1) is 5.71 Å². The topological polar surface area (TPSA) is 137 Å². The smallest absolute Gasteiger partial charge is 0.326 e. The van der Waals surface area contributed by atoms with Gasteiger partial charge in [0, 0.05) is 5.41 Å². The van der Waals surface area contributed by atoms with Crippen molar-refractivity contribution in [1.29, 1.82) is 0 Å². The third-order valence-electron chi connectivity index (χ3n) is 11.2. The zero-order valence-electron chi connectivity index (χ0n) is 26.0. The van der Waals surface area contributed by atoms with Crippen molar-refractivity contribution in [1.82, 2.24) is 10.6 Å². The molecular weight excluding hydrogens is 534 g/mol. The zero-order chi connectivity index (χ0) is 31.0. The number of nitrogens with zero attached hydrogens (tertiary/aromatic N) is 1. The van der Waals surface area contributed by atoms with Crippen LogP contribution in [0.25, 0.3) is 0 Å². The molecule has 0 saturated heterocycles. The summed E-state index contributed by atoms with van der Waals surface area (Å²) in [5.74, 6) is 1.62. The molecule has 4 N–H and O–H groups in total. The Balaban J connectivity index is 1.36. The highest BCUT2D eigenvalue weighted by atomic mass is 16.6. The van der Waals surface area contributed by atoms with E-state index < -0.39 is 35.5 Å². The molecule has 3 saturated carbocycles. The first kappa shape index (κ1) is 32.1. The van der Waals surface area contributed by atoms with E-state index in [4.69, 9.17) is 11.3 Å². The third kappa shape index (κ3) is 5.71. The fourth-order valence-corrected chi connectivity index (χ4v) is 8.58. The Morgan fingerprint density at radius 1 is 1.02 bits per heavy atom. The average molecular weight is 584 g/mol. The molecule has 0 bridgehead atoms. The van der Waals surface area contributed by atoms with Crippen molar-refractivity contribution in [3.8, 4) is 12.3 Å². The number of oxime groups is 1. The minimum Gasteiger partial charge on any atom is -0.480 e. The Bertz CT molecular complexity index is 1190. The molecule has 4 rings (SSSR count). The highest BCUT2D eigenvalue weighted by Gasteiger charge is 2.63. The maximum Gasteiger partial charge on any atom is 0.326 e. The second-order valence-corrected chi connectivity index (χ2v) is 14.2. The highest BCUT2D eigenvalue weighted by molar-refractivity contribution is 5.96. The quantitative estimate of drug-likeness (QED) is 0.239. The van der Waals surface area contributed by atoms with Gasteiger partial charge in [-0.1, -0.05) is 58.2 Å². The number of terminal acetylenes is 1. The van der Waals surface area contributed by atoms with E-state index in [2.05, 4.69) is 41.6 Å². The van der Waals surface area contributed by atoms with Crippen LogP contribution < -0.4 is 10.6 Å². The molecule has 3 fully saturated rings. The summed E-state index contributed by atoms with van der Waals surface area (Å²) >= 11 is 0. The molecule has 232 valence electrons. The van der Waals surface area contributed by atoms with Gasteiger partial charge in [0.1, 0.15) is 17.7 Å². The Morgan fingerprint density at radius 2 is 1.69 bits per heavy atom. The number of carboxylic acid groups (broad SMARTS) is 1. The number of hydrogen-bond donors (Lipinski definition) is 4. The molecule has 2 amide bonds. The van der Waals surface area contributed by atoms with E-state index in [0.29, 0.717) is 24.2 Å². The molecule has 42 heavy (non-hydrogen) atoms. The third-order valence-corrected chi connectivity index (χ3v) is 11.2. The number of aliphatic hydroxyl groups is 1. The first-order valence-corrected chi connectivity index (χ1v) is 15.6. The van der Waals surface area contributed by atoms with Crippen LogP contribution in [0.3, 0.4) is 0 Å². The van der Waals surface area contributed by atoms with Crippen molar-refractivity contribution in [2.24, 2.45) is 45.6 Å². The van der Waals surface area contributed by atoms with Crippen molar-refractivity contribution >= 4 is 23.5 Å². The van der Waals surface area contributed by atoms with Crippen LogP contribution in [0.2, 0.25) is 0 Å². The van der Waals surface area contributed by atoms with Gasteiger partial charge < -0.3 is 25.7 Å². The summed E-state index contributed by atoms with van der Waals surface area (Å²) in [6.45, 7) is 11.3. The normalized spacial score (nSPS) is 36.1. The van der Waals surface area contributed by atoms with E-state index in [1.54, 1.807) is 27.7 Å². The van der Waals surface area contributed by atoms with Gasteiger partial charge in [0.25, 0.3) is 5.91 Å². The number of fused-ring (bicyclic) bond motifs is 5. The van der Waals surface area contributed by atoms with Crippen LogP contribution in [-0.4, -0.2) is 58.0 Å². The minimum atomic E-state index is -1.12. The molecule has 0 aromatic rings. The summed E-state index contributed by atoms with van der Waals surface area (Å²) in [5, 5.41) is 30.1. The summed E-state index contributed by atoms with van der Waals surface area (Å²) in [7, 11) is 0. The molecule has 0 spiro atoms. The van der Waals surface area contributed by atoms with Crippen molar-refractivity contribution in [3.05, 3.63) is 11.6 Å². The molecule has 4 aliphatic rings. The number of hydrogen-bond acceptors (Lipinski definition) is 6. The van der Waals surface area contributed by atoms with Gasteiger partial charge in [-0.25, -0.2) is 4.79 Å². The summed E-state index contributed by atoms with van der Waals surface area (Å²) < 4.78 is 0. The predicted octanol–water partition coefficient (Wildman–Crippen LogP) is 4.05. The van der Waals surface area contributed by atoms with E-state index in [1.807, 2.05) is 0 Å².